The number of nitrogens with one attached hydrogen (secondary N) is 1. The molecule has 1 fully saturated rings. The molecule has 0 aliphatic carbocycles. The number of hydrogen-bond donors (Lipinski definition) is 1. The fourth-order valence-corrected chi connectivity index (χ4v) is 2.60. The topological polar surface area (TPSA) is 47.6 Å². The van der Waals surface area contributed by atoms with E-state index in [1.807, 2.05) is 24.3 Å². The molecule has 1 aliphatic heterocycles. The Morgan fingerprint density at radius 3 is 2.75 bits per heavy atom. The third-order valence-electron chi connectivity index (χ3n) is 3.83. The van der Waals surface area contributed by atoms with Gasteiger partial charge in [-0.15, -0.1) is 0 Å². The third-order valence-corrected chi connectivity index (χ3v) is 3.83. The molecule has 1 N–H and O–H groups in total. The number of carbonyl (C=O) groups excluding carboxylic acids is 1. The van der Waals surface area contributed by atoms with Crippen LogP contribution in [-0.4, -0.2) is 26.2 Å². The highest BCUT2D eigenvalue weighted by Crippen LogP contribution is 2.27. The minimum Gasteiger partial charge on any atom is -0.496 e. The van der Waals surface area contributed by atoms with Crippen LogP contribution in [0.5, 0.6) is 5.75 Å². The maximum absolute atomic E-state index is 12.3. The Labute approximate surface area is 120 Å². The van der Waals surface area contributed by atoms with E-state index in [0.29, 0.717) is 13.2 Å². The second-order valence-corrected chi connectivity index (χ2v) is 5.10. The van der Waals surface area contributed by atoms with Crippen LogP contribution in [0.3, 0.4) is 0 Å². The molecule has 1 aliphatic rings. The Bertz CT molecular complexity index is 441. The van der Waals surface area contributed by atoms with Gasteiger partial charge in [0.1, 0.15) is 5.75 Å². The van der Waals surface area contributed by atoms with Gasteiger partial charge in [0.15, 0.2) is 0 Å². The van der Waals surface area contributed by atoms with Crippen molar-refractivity contribution in [3.05, 3.63) is 29.8 Å². The summed E-state index contributed by atoms with van der Waals surface area (Å²) in [6, 6.07) is 7.85. The van der Waals surface area contributed by atoms with E-state index >= 15 is 0 Å². The monoisotopic (exact) mass is 277 g/mol. The average Bonchev–Trinajstić information content (AvgIpc) is 2.53. The Hall–Kier alpha value is -1.55. The molecule has 0 spiro atoms. The standard InChI is InChI=1S/C16H23NO3/c1-3-14(13-6-4-5-7-15(13)19-2)17-16(18)12-8-10-20-11-9-12/h4-7,12,14H,3,8-11H2,1-2H3,(H,17,18). The molecule has 4 nitrogen and oxygen atoms in total. The molecule has 1 aromatic carbocycles. The minimum absolute atomic E-state index is 0.00138. The van der Waals surface area contributed by atoms with Gasteiger partial charge in [-0.2, -0.15) is 0 Å². The minimum atomic E-state index is 0.00138. The molecule has 1 unspecified atom stereocenters. The molecule has 1 aromatic rings. The third kappa shape index (κ3) is 3.51. The molecule has 20 heavy (non-hydrogen) atoms. The van der Waals surface area contributed by atoms with E-state index in [1.54, 1.807) is 7.11 Å². The van der Waals surface area contributed by atoms with Gasteiger partial charge in [-0.05, 0) is 25.3 Å². The van der Waals surface area contributed by atoms with Crippen molar-refractivity contribution in [2.45, 2.75) is 32.2 Å². The predicted octanol–water partition coefficient (Wildman–Crippen LogP) is 2.69. The van der Waals surface area contributed by atoms with E-state index in [2.05, 4.69) is 12.2 Å². The van der Waals surface area contributed by atoms with Crippen molar-refractivity contribution >= 4 is 5.91 Å². The maximum atomic E-state index is 12.3. The van der Waals surface area contributed by atoms with Crippen LogP contribution in [-0.2, 0) is 9.53 Å². The van der Waals surface area contributed by atoms with Gasteiger partial charge in [-0.1, -0.05) is 25.1 Å². The van der Waals surface area contributed by atoms with Gasteiger partial charge in [0.25, 0.3) is 0 Å². The van der Waals surface area contributed by atoms with E-state index in [4.69, 9.17) is 9.47 Å². The van der Waals surface area contributed by atoms with Crippen LogP contribution in [0.1, 0.15) is 37.8 Å². The number of ether oxygens (including phenoxy) is 2. The van der Waals surface area contributed by atoms with E-state index in [9.17, 15) is 4.79 Å². The lowest BCUT2D eigenvalue weighted by Crippen LogP contribution is -2.36. The number of rotatable bonds is 5. The van der Waals surface area contributed by atoms with Crippen LogP contribution in [0.4, 0.5) is 0 Å². The molecular weight excluding hydrogens is 254 g/mol. The summed E-state index contributed by atoms with van der Waals surface area (Å²) in [5, 5.41) is 3.15. The number of hydrogen-bond acceptors (Lipinski definition) is 3. The van der Waals surface area contributed by atoms with Crippen molar-refractivity contribution in [2.75, 3.05) is 20.3 Å². The lowest BCUT2D eigenvalue weighted by atomic mass is 9.97. The zero-order valence-corrected chi connectivity index (χ0v) is 12.2. The quantitative estimate of drug-likeness (QED) is 0.900. The molecule has 1 atom stereocenters. The second kappa shape index (κ2) is 7.29. The van der Waals surface area contributed by atoms with E-state index < -0.39 is 0 Å². The van der Waals surface area contributed by atoms with Gasteiger partial charge in [0, 0.05) is 24.7 Å². The van der Waals surface area contributed by atoms with Crippen molar-refractivity contribution < 1.29 is 14.3 Å². The van der Waals surface area contributed by atoms with Gasteiger partial charge < -0.3 is 14.8 Å². The summed E-state index contributed by atoms with van der Waals surface area (Å²) < 4.78 is 10.7. The first-order valence-electron chi connectivity index (χ1n) is 7.27. The molecule has 1 heterocycles. The molecule has 1 amide bonds. The van der Waals surface area contributed by atoms with E-state index in [1.165, 1.54) is 0 Å². The van der Waals surface area contributed by atoms with Crippen molar-refractivity contribution in [1.29, 1.82) is 0 Å². The molecule has 0 saturated carbocycles. The molecule has 4 heteroatoms. The van der Waals surface area contributed by atoms with Gasteiger partial charge >= 0.3 is 0 Å². The van der Waals surface area contributed by atoms with Crippen LogP contribution in [0.25, 0.3) is 0 Å². The summed E-state index contributed by atoms with van der Waals surface area (Å²) in [5.41, 5.74) is 1.04. The summed E-state index contributed by atoms with van der Waals surface area (Å²) in [6.07, 6.45) is 2.47. The van der Waals surface area contributed by atoms with Gasteiger partial charge in [0.05, 0.1) is 13.2 Å². The number of methoxy groups -OCH3 is 1. The SMILES string of the molecule is CCC(NC(=O)C1CCOCC1)c1ccccc1OC. The number of benzene rings is 1. The van der Waals surface area contributed by atoms with Crippen molar-refractivity contribution in [2.24, 2.45) is 5.92 Å². The fourth-order valence-electron chi connectivity index (χ4n) is 2.60. The molecule has 2 rings (SSSR count). The highest BCUT2D eigenvalue weighted by molar-refractivity contribution is 5.79. The highest BCUT2D eigenvalue weighted by atomic mass is 16.5. The zero-order valence-electron chi connectivity index (χ0n) is 12.2. The summed E-state index contributed by atoms with van der Waals surface area (Å²) in [4.78, 5) is 12.3. The smallest absolute Gasteiger partial charge is 0.223 e. The zero-order chi connectivity index (χ0) is 14.4. The van der Waals surface area contributed by atoms with Crippen LogP contribution < -0.4 is 10.1 Å². The Morgan fingerprint density at radius 2 is 2.10 bits per heavy atom. The first kappa shape index (κ1) is 14.9. The van der Waals surface area contributed by atoms with Gasteiger partial charge in [0.2, 0.25) is 5.91 Å². The molecule has 1 saturated heterocycles. The van der Waals surface area contributed by atoms with Gasteiger partial charge in [-0.3, -0.25) is 4.79 Å². The van der Waals surface area contributed by atoms with E-state index in [-0.39, 0.29) is 17.9 Å². The molecule has 0 bridgehead atoms. The largest absolute Gasteiger partial charge is 0.496 e. The highest BCUT2D eigenvalue weighted by Gasteiger charge is 2.24. The van der Waals surface area contributed by atoms with Crippen molar-refractivity contribution in [1.82, 2.24) is 5.32 Å². The Kier molecular flexibility index (Phi) is 5.41. The second-order valence-electron chi connectivity index (χ2n) is 5.10. The first-order chi connectivity index (χ1) is 9.76. The summed E-state index contributed by atoms with van der Waals surface area (Å²) in [5.74, 6) is 1.03. The lowest BCUT2D eigenvalue weighted by Gasteiger charge is -2.25. The Balaban J connectivity index is 2.06. The van der Waals surface area contributed by atoms with Crippen LogP contribution >= 0.6 is 0 Å². The first-order valence-corrected chi connectivity index (χ1v) is 7.27. The molecule has 0 radical (unpaired) electrons. The molecule has 0 aromatic heterocycles. The normalized spacial score (nSPS) is 17.5. The number of para-hydroxylation sites is 1. The fraction of sp³-hybridized carbons (Fsp3) is 0.562. The summed E-state index contributed by atoms with van der Waals surface area (Å²) in [7, 11) is 1.66. The van der Waals surface area contributed by atoms with E-state index in [0.717, 1.165) is 30.6 Å². The maximum Gasteiger partial charge on any atom is 0.223 e. The van der Waals surface area contributed by atoms with Crippen molar-refractivity contribution in [3.8, 4) is 5.75 Å². The van der Waals surface area contributed by atoms with Crippen molar-refractivity contribution in [3.63, 3.8) is 0 Å². The number of amides is 1. The van der Waals surface area contributed by atoms with Crippen LogP contribution in [0.15, 0.2) is 24.3 Å². The van der Waals surface area contributed by atoms with Crippen LogP contribution in [0, 0.1) is 5.92 Å². The Morgan fingerprint density at radius 1 is 1.40 bits per heavy atom. The van der Waals surface area contributed by atoms with Crippen LogP contribution in [0.2, 0.25) is 0 Å². The lowest BCUT2D eigenvalue weighted by molar-refractivity contribution is -0.128. The summed E-state index contributed by atoms with van der Waals surface area (Å²) >= 11 is 0. The average molecular weight is 277 g/mol. The molecular formula is C16H23NO3. The summed E-state index contributed by atoms with van der Waals surface area (Å²) in [6.45, 7) is 3.44. The number of carbonyl (C=O) groups is 1. The van der Waals surface area contributed by atoms with Gasteiger partial charge in [-0.25, -0.2) is 0 Å². The molecule has 110 valence electrons. The predicted molar refractivity (Wildman–Crippen MR) is 77.7 cm³/mol.